The fourth-order valence-corrected chi connectivity index (χ4v) is 2.70. The van der Waals surface area contributed by atoms with Crippen molar-refractivity contribution in [2.45, 2.75) is 39.0 Å². The second-order valence-corrected chi connectivity index (χ2v) is 5.73. The van der Waals surface area contributed by atoms with Crippen LogP contribution in [0.15, 0.2) is 18.2 Å². The maximum atomic E-state index is 12.8. The van der Waals surface area contributed by atoms with Crippen molar-refractivity contribution in [1.82, 2.24) is 0 Å². The molecule has 1 unspecified atom stereocenters. The largest absolute Gasteiger partial charge is 0.320 e. The Bertz CT molecular complexity index is 619. The molecule has 3 heteroatoms. The number of hydrogen-bond acceptors (Lipinski definition) is 1. The summed E-state index contributed by atoms with van der Waals surface area (Å²) in [6, 6.07) is 3.76. The zero-order valence-corrected chi connectivity index (χ0v) is 11.5. The number of para-hydroxylation sites is 1. The van der Waals surface area contributed by atoms with Crippen LogP contribution in [0.25, 0.3) is 0 Å². The maximum Gasteiger partial charge on any atom is 0.282 e. The highest BCUT2D eigenvalue weighted by Gasteiger charge is 2.37. The van der Waals surface area contributed by atoms with Gasteiger partial charge in [-0.3, -0.25) is 4.79 Å². The van der Waals surface area contributed by atoms with E-state index in [-0.39, 0.29) is 28.8 Å². The van der Waals surface area contributed by atoms with Crippen molar-refractivity contribution in [1.29, 1.82) is 0 Å². The van der Waals surface area contributed by atoms with Crippen molar-refractivity contribution in [3.05, 3.63) is 29.3 Å². The lowest BCUT2D eigenvalue weighted by atomic mass is 9.99. The van der Waals surface area contributed by atoms with Crippen LogP contribution in [0.2, 0.25) is 0 Å². The van der Waals surface area contributed by atoms with Gasteiger partial charge in [-0.25, -0.2) is 0 Å². The molecule has 0 saturated carbocycles. The first-order valence-electron chi connectivity index (χ1n) is 9.61. The number of amides is 1. The first kappa shape index (κ1) is 8.05. The summed E-state index contributed by atoms with van der Waals surface area (Å²) >= 11 is 0. The van der Waals surface area contributed by atoms with Gasteiger partial charge >= 0.3 is 0 Å². The van der Waals surface area contributed by atoms with Crippen LogP contribution in [0.4, 0.5) is 5.69 Å². The predicted octanol–water partition coefficient (Wildman–Crippen LogP) is 2.87. The molecule has 19 heavy (non-hydrogen) atoms. The molecule has 0 aromatic heterocycles. The lowest BCUT2D eigenvalue weighted by molar-refractivity contribution is -0.910. The van der Waals surface area contributed by atoms with E-state index in [2.05, 4.69) is 5.32 Å². The molecule has 1 saturated heterocycles. The zero-order valence-electron chi connectivity index (χ0n) is 17.5. The van der Waals surface area contributed by atoms with E-state index in [0.29, 0.717) is 10.9 Å². The molecule has 0 radical (unpaired) electrons. The number of quaternary nitrogens is 1. The van der Waals surface area contributed by atoms with Crippen LogP contribution in [0.3, 0.4) is 0 Å². The Hall–Kier alpha value is -1.35. The van der Waals surface area contributed by atoms with Crippen molar-refractivity contribution in [3.8, 4) is 0 Å². The van der Waals surface area contributed by atoms with Gasteiger partial charge in [-0.1, -0.05) is 18.2 Å². The fourth-order valence-electron chi connectivity index (χ4n) is 2.70. The predicted molar refractivity (Wildman–Crippen MR) is 79.2 cm³/mol. The topological polar surface area (TPSA) is 29.1 Å². The number of hydrogen-bond donors (Lipinski definition) is 1. The number of carbonyl (C=O) groups excluding carboxylic acids is 1. The Morgan fingerprint density at radius 2 is 2.00 bits per heavy atom. The molecule has 1 atom stereocenters. The average Bonchev–Trinajstić information content (AvgIpc) is 2.44. The van der Waals surface area contributed by atoms with Gasteiger partial charge in [-0.15, -0.1) is 0 Å². The van der Waals surface area contributed by atoms with E-state index >= 15 is 0 Å². The van der Waals surface area contributed by atoms with E-state index < -0.39 is 13.7 Å². The van der Waals surface area contributed by atoms with Crippen LogP contribution in [0.1, 0.15) is 38.6 Å². The second-order valence-electron chi connectivity index (χ2n) is 5.73. The number of benzene rings is 1. The third kappa shape index (κ3) is 2.98. The summed E-state index contributed by atoms with van der Waals surface area (Å²) in [4.78, 5) is 12.8. The van der Waals surface area contributed by atoms with Gasteiger partial charge in [-0.05, 0) is 37.7 Å². The van der Waals surface area contributed by atoms with Crippen LogP contribution < -0.4 is 5.32 Å². The van der Waals surface area contributed by atoms with Gasteiger partial charge < -0.3 is 9.80 Å². The maximum absolute atomic E-state index is 12.8. The molecule has 0 aliphatic carbocycles. The molecular weight excluding hydrogens is 236 g/mol. The summed E-state index contributed by atoms with van der Waals surface area (Å²) in [7, 11) is 3.92. The summed E-state index contributed by atoms with van der Waals surface area (Å²) in [5.74, 6) is -0.327. The Kier molecular flexibility index (Phi) is 2.26. The Morgan fingerprint density at radius 1 is 1.32 bits per heavy atom. The van der Waals surface area contributed by atoms with Gasteiger partial charge in [0, 0.05) is 20.3 Å². The second kappa shape index (κ2) is 5.33. The summed E-state index contributed by atoms with van der Waals surface area (Å²) in [6.07, 6.45) is 2.65. The fraction of sp³-hybridized carbons (Fsp3) is 0.562. The first-order valence-corrected chi connectivity index (χ1v) is 6.61. The summed E-state index contributed by atoms with van der Waals surface area (Å²) in [6.45, 7) is -4.17. The number of nitrogens with zero attached hydrogens (tertiary/aromatic N) is 1. The average molecular weight is 267 g/mol. The molecule has 3 nitrogen and oxygen atoms in total. The highest BCUT2D eigenvalue weighted by Crippen LogP contribution is 2.25. The molecule has 1 aromatic carbocycles. The minimum Gasteiger partial charge on any atom is -0.320 e. The Morgan fingerprint density at radius 3 is 2.58 bits per heavy atom. The number of rotatable bonds is 2. The number of piperidine rings is 1. The third-order valence-electron chi connectivity index (χ3n) is 3.92. The molecule has 1 aliphatic heterocycles. The molecular formula is C16H25N2O+. The lowest BCUT2D eigenvalue weighted by Gasteiger charge is -2.40. The quantitative estimate of drug-likeness (QED) is 0.820. The molecule has 2 rings (SSSR count). The lowest BCUT2D eigenvalue weighted by Crippen LogP contribution is -2.57. The van der Waals surface area contributed by atoms with Crippen molar-refractivity contribution >= 4 is 11.6 Å². The zero-order chi connectivity index (χ0) is 19.0. The SMILES string of the molecule is [2H]C([2H])([2H])c1cccc(C([2H])([2H])[2H])c1NC(=O)C1CCCC[N+]1(C)C. The molecule has 1 fully saturated rings. The number of likely N-dealkylation sites (tertiary alicyclic amines) is 1. The third-order valence-corrected chi connectivity index (χ3v) is 3.92. The number of nitrogens with one attached hydrogen (secondary N) is 1. The minimum atomic E-state index is -2.51. The molecule has 1 aromatic rings. The van der Waals surface area contributed by atoms with Crippen molar-refractivity contribution in [2.24, 2.45) is 0 Å². The van der Waals surface area contributed by atoms with Crippen LogP contribution in [0, 0.1) is 13.7 Å². The summed E-state index contributed by atoms with van der Waals surface area (Å²) < 4.78 is 46.6. The van der Waals surface area contributed by atoms with Crippen molar-refractivity contribution < 1.29 is 17.5 Å². The number of likely N-dealkylation sites (N-methyl/N-ethyl adjacent to an activating group) is 1. The van der Waals surface area contributed by atoms with Gasteiger partial charge in [0.2, 0.25) is 0 Å². The molecule has 1 amide bonds. The van der Waals surface area contributed by atoms with E-state index in [1.807, 2.05) is 14.1 Å². The Balaban J connectivity index is 2.45. The van der Waals surface area contributed by atoms with Crippen molar-refractivity contribution in [2.75, 3.05) is 26.0 Å². The summed E-state index contributed by atoms with van der Waals surface area (Å²) in [5, 5.41) is 2.64. The van der Waals surface area contributed by atoms with E-state index in [1.54, 1.807) is 0 Å². The van der Waals surface area contributed by atoms with Gasteiger partial charge in [0.25, 0.3) is 5.91 Å². The molecule has 104 valence electrons. The van der Waals surface area contributed by atoms with Crippen LogP contribution in [-0.2, 0) is 4.79 Å². The highest BCUT2D eigenvalue weighted by molar-refractivity contribution is 5.95. The van der Waals surface area contributed by atoms with E-state index in [1.165, 1.54) is 18.2 Å². The number of aryl methyl sites for hydroxylation is 2. The van der Waals surface area contributed by atoms with Crippen molar-refractivity contribution in [3.63, 3.8) is 0 Å². The van der Waals surface area contributed by atoms with E-state index in [9.17, 15) is 4.79 Å². The first-order chi connectivity index (χ1) is 11.3. The molecule has 1 heterocycles. The number of carbonyl (C=O) groups is 1. The minimum absolute atomic E-state index is 0.0990. The van der Waals surface area contributed by atoms with E-state index in [4.69, 9.17) is 8.22 Å². The van der Waals surface area contributed by atoms with Gasteiger partial charge in [0.1, 0.15) is 0 Å². The molecule has 1 N–H and O–H groups in total. The van der Waals surface area contributed by atoms with Gasteiger partial charge in [-0.2, -0.15) is 0 Å². The number of anilines is 1. The van der Waals surface area contributed by atoms with Crippen LogP contribution in [0.5, 0.6) is 0 Å². The highest BCUT2D eigenvalue weighted by atomic mass is 16.2. The molecule has 0 spiro atoms. The monoisotopic (exact) mass is 267 g/mol. The van der Waals surface area contributed by atoms with Crippen LogP contribution >= 0.6 is 0 Å². The normalized spacial score (nSPS) is 28.0. The molecule has 1 aliphatic rings. The standard InChI is InChI=1S/C16H24N2O/c1-12-8-7-9-13(2)15(12)17-16(19)14-10-5-6-11-18(14,3)4/h7-9,14H,5-6,10-11H2,1-4H3/p+1/i1D3,2D3. The smallest absolute Gasteiger partial charge is 0.282 e. The Labute approximate surface area is 124 Å². The van der Waals surface area contributed by atoms with Crippen LogP contribution in [-0.4, -0.2) is 37.1 Å². The summed E-state index contributed by atoms with van der Waals surface area (Å²) in [5.41, 5.74) is -0.385. The van der Waals surface area contributed by atoms with Gasteiger partial charge in [0.05, 0.1) is 20.6 Å². The van der Waals surface area contributed by atoms with Gasteiger partial charge in [0.15, 0.2) is 6.04 Å². The molecule has 0 bridgehead atoms. The van der Waals surface area contributed by atoms with E-state index in [0.717, 1.165) is 19.4 Å².